The maximum Gasteiger partial charge on any atom is 0.573 e. The van der Waals surface area contributed by atoms with Crippen LogP contribution in [0.25, 0.3) is 11.0 Å². The monoisotopic (exact) mass is 542 g/mol. The van der Waals surface area contributed by atoms with Gasteiger partial charge < -0.3 is 29.6 Å². The van der Waals surface area contributed by atoms with Crippen molar-refractivity contribution in [2.24, 2.45) is 7.05 Å². The third-order valence-electron chi connectivity index (χ3n) is 6.25. The molecule has 4 aromatic rings. The molecule has 0 spiro atoms. The Morgan fingerprint density at radius 3 is 2.62 bits per heavy atom. The van der Waals surface area contributed by atoms with Crippen molar-refractivity contribution in [2.75, 3.05) is 35.7 Å². The smallest absolute Gasteiger partial charge is 0.406 e. The number of ether oxygens (including phenoxy) is 2. The summed E-state index contributed by atoms with van der Waals surface area (Å²) in [7, 11) is 3.20. The van der Waals surface area contributed by atoms with Gasteiger partial charge in [0.05, 0.1) is 0 Å². The van der Waals surface area contributed by atoms with E-state index in [1.54, 1.807) is 12.1 Å². The number of aryl methyl sites for hydroxylation is 1. The van der Waals surface area contributed by atoms with Crippen LogP contribution in [0.4, 0.5) is 30.6 Å². The van der Waals surface area contributed by atoms with Crippen molar-refractivity contribution in [1.82, 2.24) is 25.0 Å². The lowest BCUT2D eigenvalue weighted by Gasteiger charge is -2.18. The van der Waals surface area contributed by atoms with Gasteiger partial charge >= 0.3 is 6.36 Å². The quantitative estimate of drug-likeness (QED) is 0.344. The summed E-state index contributed by atoms with van der Waals surface area (Å²) in [5.41, 5.74) is 1.01. The zero-order valence-electron chi connectivity index (χ0n) is 21.0. The molecular formula is C25H25F3N8O3. The predicted octanol–water partition coefficient (Wildman–Crippen LogP) is 3.67. The highest BCUT2D eigenvalue weighted by atomic mass is 19.4. The highest BCUT2D eigenvalue weighted by Crippen LogP contribution is 2.28. The molecule has 1 amide bonds. The average Bonchev–Trinajstić information content (AvgIpc) is 3.51. The second-order valence-corrected chi connectivity index (χ2v) is 9.01. The number of carbonyl (C=O) groups is 1. The average molecular weight is 543 g/mol. The molecule has 2 atom stereocenters. The zero-order chi connectivity index (χ0) is 27.6. The molecule has 1 aliphatic rings. The Hall–Kier alpha value is -4.46. The summed E-state index contributed by atoms with van der Waals surface area (Å²) in [6.45, 7) is 1.51. The standard InChI is InChI=1S/C25H25F3N8O3/c1-35-10-8-16-13-21(33-34-23(16)35)36-11-9-17(14-36)29-19-6-7-20(32-31-19)30-24(37)22(38-2)15-4-3-5-18(12-15)39-25(26,27)28/h3-8,10,12-13,17,22H,9,11,14H2,1-2H3,(H,29,31)(H,30,32,37)/t17-,22-/m1/s1. The number of halogens is 3. The molecule has 4 heterocycles. The molecule has 2 N–H and O–H groups in total. The van der Waals surface area contributed by atoms with E-state index in [0.717, 1.165) is 41.9 Å². The first kappa shape index (κ1) is 26.2. The molecule has 3 aromatic heterocycles. The van der Waals surface area contributed by atoms with Crippen molar-refractivity contribution in [3.8, 4) is 5.75 Å². The van der Waals surface area contributed by atoms with Crippen LogP contribution in [0.5, 0.6) is 5.75 Å². The Labute approximate surface area is 220 Å². The van der Waals surface area contributed by atoms with Crippen LogP contribution < -0.4 is 20.3 Å². The zero-order valence-corrected chi connectivity index (χ0v) is 21.0. The number of carbonyl (C=O) groups excluding carboxylic acids is 1. The predicted molar refractivity (Wildman–Crippen MR) is 136 cm³/mol. The Kier molecular flexibility index (Phi) is 7.19. The third kappa shape index (κ3) is 6.17. The Morgan fingerprint density at radius 2 is 1.87 bits per heavy atom. The SMILES string of the molecule is CO[C@@H](C(=O)Nc1ccc(N[C@@H]2CCN(c3cc4ccn(C)c4nn3)C2)nn1)c1cccc(OC(F)(F)F)c1. The fraction of sp³-hybridized carbons (Fsp3) is 0.320. The molecular weight excluding hydrogens is 517 g/mol. The molecule has 39 heavy (non-hydrogen) atoms. The number of nitrogens with one attached hydrogen (secondary N) is 2. The van der Waals surface area contributed by atoms with Crippen molar-refractivity contribution in [2.45, 2.75) is 24.9 Å². The summed E-state index contributed by atoms with van der Waals surface area (Å²) in [6, 6.07) is 12.4. The molecule has 0 unspecified atom stereocenters. The molecule has 1 aromatic carbocycles. The minimum Gasteiger partial charge on any atom is -0.406 e. The minimum absolute atomic E-state index is 0.108. The molecule has 14 heteroatoms. The van der Waals surface area contributed by atoms with E-state index >= 15 is 0 Å². The number of methoxy groups -OCH3 is 1. The van der Waals surface area contributed by atoms with Gasteiger partial charge in [-0.25, -0.2) is 0 Å². The lowest BCUT2D eigenvalue weighted by molar-refractivity contribution is -0.274. The van der Waals surface area contributed by atoms with Gasteiger partial charge in [0.1, 0.15) is 11.6 Å². The molecule has 1 aliphatic heterocycles. The molecule has 1 saturated heterocycles. The summed E-state index contributed by atoms with van der Waals surface area (Å²) in [5, 5.41) is 23.8. The van der Waals surface area contributed by atoms with E-state index in [4.69, 9.17) is 4.74 Å². The van der Waals surface area contributed by atoms with Gasteiger partial charge in [0.25, 0.3) is 5.91 Å². The van der Waals surface area contributed by atoms with Gasteiger partial charge in [-0.3, -0.25) is 4.79 Å². The molecule has 0 saturated carbocycles. The van der Waals surface area contributed by atoms with E-state index < -0.39 is 24.1 Å². The van der Waals surface area contributed by atoms with E-state index in [1.165, 1.54) is 19.2 Å². The van der Waals surface area contributed by atoms with Gasteiger partial charge in [-0.2, -0.15) is 0 Å². The summed E-state index contributed by atoms with van der Waals surface area (Å²) in [4.78, 5) is 14.9. The lowest BCUT2D eigenvalue weighted by atomic mass is 10.1. The number of alkyl halides is 3. The summed E-state index contributed by atoms with van der Waals surface area (Å²) < 4.78 is 48.7. The van der Waals surface area contributed by atoms with Crippen LogP contribution >= 0.6 is 0 Å². The number of benzene rings is 1. The van der Waals surface area contributed by atoms with Crippen molar-refractivity contribution in [3.05, 3.63) is 60.3 Å². The largest absolute Gasteiger partial charge is 0.573 e. The van der Waals surface area contributed by atoms with E-state index in [0.29, 0.717) is 12.4 Å². The molecule has 204 valence electrons. The molecule has 1 fully saturated rings. The van der Waals surface area contributed by atoms with E-state index in [2.05, 4.69) is 40.7 Å². The van der Waals surface area contributed by atoms with Crippen LogP contribution in [-0.4, -0.2) is 63.5 Å². The van der Waals surface area contributed by atoms with Gasteiger partial charge in [0.2, 0.25) is 0 Å². The van der Waals surface area contributed by atoms with Crippen LogP contribution in [0.2, 0.25) is 0 Å². The first-order valence-electron chi connectivity index (χ1n) is 12.0. The van der Waals surface area contributed by atoms with Crippen LogP contribution in [-0.2, 0) is 16.6 Å². The number of aromatic nitrogens is 5. The van der Waals surface area contributed by atoms with Gasteiger partial charge in [0.15, 0.2) is 23.4 Å². The van der Waals surface area contributed by atoms with E-state index in [-0.39, 0.29) is 17.4 Å². The van der Waals surface area contributed by atoms with Gasteiger partial charge in [-0.1, -0.05) is 12.1 Å². The van der Waals surface area contributed by atoms with Gasteiger partial charge in [-0.15, -0.1) is 33.6 Å². The third-order valence-corrected chi connectivity index (χ3v) is 6.25. The number of rotatable bonds is 8. The van der Waals surface area contributed by atoms with Crippen molar-refractivity contribution in [1.29, 1.82) is 0 Å². The highest BCUT2D eigenvalue weighted by molar-refractivity contribution is 5.94. The van der Waals surface area contributed by atoms with Crippen molar-refractivity contribution < 1.29 is 27.4 Å². The summed E-state index contributed by atoms with van der Waals surface area (Å²) in [5.74, 6) is 0.424. The molecule has 11 nitrogen and oxygen atoms in total. The number of amides is 1. The fourth-order valence-corrected chi connectivity index (χ4v) is 4.44. The normalized spacial score (nSPS) is 16.3. The Morgan fingerprint density at radius 1 is 1.08 bits per heavy atom. The molecule has 0 bridgehead atoms. The first-order valence-corrected chi connectivity index (χ1v) is 12.0. The van der Waals surface area contributed by atoms with E-state index in [1.807, 2.05) is 29.9 Å². The number of anilines is 3. The Bertz CT molecular complexity index is 1460. The van der Waals surface area contributed by atoms with Crippen molar-refractivity contribution >= 4 is 34.4 Å². The lowest BCUT2D eigenvalue weighted by Crippen LogP contribution is -2.27. The number of hydrogen-bond donors (Lipinski definition) is 2. The number of fused-ring (bicyclic) bond motifs is 1. The van der Waals surface area contributed by atoms with E-state index in [9.17, 15) is 18.0 Å². The molecule has 0 radical (unpaired) electrons. The molecule has 5 rings (SSSR count). The number of hydrogen-bond acceptors (Lipinski definition) is 9. The first-order chi connectivity index (χ1) is 18.7. The topological polar surface area (TPSA) is 119 Å². The van der Waals surface area contributed by atoms with Crippen LogP contribution in [0.3, 0.4) is 0 Å². The number of nitrogens with zero attached hydrogens (tertiary/aromatic N) is 6. The highest BCUT2D eigenvalue weighted by Gasteiger charge is 2.32. The second-order valence-electron chi connectivity index (χ2n) is 9.01. The van der Waals surface area contributed by atoms with Crippen LogP contribution in [0, 0.1) is 0 Å². The van der Waals surface area contributed by atoms with Gasteiger partial charge in [-0.05, 0) is 48.4 Å². The minimum atomic E-state index is -4.85. The Balaban J connectivity index is 1.17. The van der Waals surface area contributed by atoms with Gasteiger partial charge in [0, 0.05) is 44.9 Å². The summed E-state index contributed by atoms with van der Waals surface area (Å²) >= 11 is 0. The second kappa shape index (κ2) is 10.7. The fourth-order valence-electron chi connectivity index (χ4n) is 4.44. The maximum atomic E-state index is 12.8. The van der Waals surface area contributed by atoms with Crippen LogP contribution in [0.15, 0.2) is 54.7 Å². The van der Waals surface area contributed by atoms with Crippen molar-refractivity contribution in [3.63, 3.8) is 0 Å². The maximum absolute atomic E-state index is 12.8. The summed E-state index contributed by atoms with van der Waals surface area (Å²) in [6.07, 6.45) is -3.23. The van der Waals surface area contributed by atoms with Crippen LogP contribution in [0.1, 0.15) is 18.1 Å². The molecule has 0 aliphatic carbocycles.